The first kappa shape index (κ1) is 31.2. The van der Waals surface area contributed by atoms with Crippen molar-refractivity contribution in [3.05, 3.63) is 82.6 Å². The number of halogens is 1. The van der Waals surface area contributed by atoms with Crippen LogP contribution in [0.1, 0.15) is 38.2 Å². The first-order valence-corrected chi connectivity index (χ1v) is 16.9. The molecule has 2 heterocycles. The highest BCUT2D eigenvalue weighted by atomic mass is 79.9. The number of ether oxygens (including phenoxy) is 2. The van der Waals surface area contributed by atoms with E-state index < -0.39 is 10.0 Å². The van der Waals surface area contributed by atoms with Crippen molar-refractivity contribution in [2.24, 2.45) is 0 Å². The lowest BCUT2D eigenvalue weighted by molar-refractivity contribution is 0.141. The molecule has 1 atom stereocenters. The molecule has 0 aliphatic carbocycles. The largest absolute Gasteiger partial charge is 0.490 e. The summed E-state index contributed by atoms with van der Waals surface area (Å²) in [5, 5.41) is 4.51. The van der Waals surface area contributed by atoms with Gasteiger partial charge in [-0.05, 0) is 81.3 Å². The van der Waals surface area contributed by atoms with Gasteiger partial charge in [0, 0.05) is 42.6 Å². The minimum Gasteiger partial charge on any atom is -0.490 e. The highest BCUT2D eigenvalue weighted by Crippen LogP contribution is 2.30. The fourth-order valence-corrected chi connectivity index (χ4v) is 6.93. The van der Waals surface area contributed by atoms with E-state index in [9.17, 15) is 8.42 Å². The Labute approximate surface area is 262 Å². The third-order valence-corrected chi connectivity index (χ3v) is 10.0. The molecule has 43 heavy (non-hydrogen) atoms. The van der Waals surface area contributed by atoms with Gasteiger partial charge in [0.25, 0.3) is 0 Å². The second-order valence-electron chi connectivity index (χ2n) is 10.3. The molecule has 0 saturated carbocycles. The predicted molar refractivity (Wildman–Crippen MR) is 173 cm³/mol. The monoisotopic (exact) mass is 667 g/mol. The molecule has 1 saturated heterocycles. The van der Waals surface area contributed by atoms with Crippen LogP contribution in [0.15, 0.2) is 76.1 Å². The van der Waals surface area contributed by atoms with E-state index in [4.69, 9.17) is 19.4 Å². The molecule has 11 heteroatoms. The predicted octanol–water partition coefficient (Wildman–Crippen LogP) is 5.91. The van der Waals surface area contributed by atoms with Crippen LogP contribution >= 0.6 is 15.9 Å². The Kier molecular flexibility index (Phi) is 10.2. The number of para-hydroxylation sites is 1. The Morgan fingerprint density at radius 1 is 0.907 bits per heavy atom. The standard InChI is InChI=1S/C32H38BrN5O4S/c1-4-41-29-15-10-24(22-30(29)42-5-2)16-17-34-32-27-8-6-7-9-28(27)35-31(36-32)23(3)37-18-20-38(21-19-37)43(39,40)26-13-11-25(33)12-14-26/h6-15,22-23H,4-5,16-21H2,1-3H3,(H,34,35,36)/t23-/m1/s1. The second kappa shape index (κ2) is 14.0. The molecule has 1 N–H and O–H groups in total. The van der Waals surface area contributed by atoms with Crippen LogP contribution in [0.3, 0.4) is 0 Å². The van der Waals surface area contributed by atoms with E-state index in [1.165, 1.54) is 0 Å². The number of piperazine rings is 1. The molecule has 0 bridgehead atoms. The highest BCUT2D eigenvalue weighted by molar-refractivity contribution is 9.10. The number of benzene rings is 3. The Morgan fingerprint density at radius 2 is 1.60 bits per heavy atom. The number of anilines is 1. The van der Waals surface area contributed by atoms with Crippen LogP contribution in [0.2, 0.25) is 0 Å². The molecule has 1 fully saturated rings. The highest BCUT2D eigenvalue weighted by Gasteiger charge is 2.31. The first-order chi connectivity index (χ1) is 20.8. The molecule has 0 radical (unpaired) electrons. The molecule has 9 nitrogen and oxygen atoms in total. The Morgan fingerprint density at radius 3 is 2.33 bits per heavy atom. The van der Waals surface area contributed by atoms with Crippen molar-refractivity contribution in [1.29, 1.82) is 0 Å². The van der Waals surface area contributed by atoms with Crippen molar-refractivity contribution in [3.63, 3.8) is 0 Å². The molecule has 0 amide bonds. The van der Waals surface area contributed by atoms with E-state index in [1.54, 1.807) is 28.6 Å². The molecular weight excluding hydrogens is 630 g/mol. The minimum atomic E-state index is -3.54. The molecule has 228 valence electrons. The molecule has 1 aliphatic rings. The van der Waals surface area contributed by atoms with Gasteiger partial charge < -0.3 is 14.8 Å². The van der Waals surface area contributed by atoms with Crippen molar-refractivity contribution >= 4 is 42.7 Å². The summed E-state index contributed by atoms with van der Waals surface area (Å²) in [5.41, 5.74) is 2.01. The van der Waals surface area contributed by atoms with Gasteiger partial charge in [0.05, 0.1) is 29.7 Å². The van der Waals surface area contributed by atoms with E-state index in [-0.39, 0.29) is 6.04 Å². The summed E-state index contributed by atoms with van der Waals surface area (Å²) in [6, 6.07) is 20.8. The summed E-state index contributed by atoms with van der Waals surface area (Å²) in [6.07, 6.45) is 0.782. The van der Waals surface area contributed by atoms with Crippen LogP contribution in [0, 0.1) is 0 Å². The summed E-state index contributed by atoms with van der Waals surface area (Å²) < 4.78 is 40.3. The number of rotatable bonds is 12. The van der Waals surface area contributed by atoms with Crippen molar-refractivity contribution in [1.82, 2.24) is 19.2 Å². The van der Waals surface area contributed by atoms with Crippen molar-refractivity contribution in [3.8, 4) is 11.5 Å². The lowest BCUT2D eigenvalue weighted by atomic mass is 10.1. The average Bonchev–Trinajstić information content (AvgIpc) is 3.02. The fourth-order valence-electron chi connectivity index (χ4n) is 5.24. The Balaban J connectivity index is 1.27. The van der Waals surface area contributed by atoms with Crippen LogP contribution in [0.5, 0.6) is 11.5 Å². The number of hydrogen-bond acceptors (Lipinski definition) is 8. The zero-order valence-corrected chi connectivity index (χ0v) is 27.2. The van der Waals surface area contributed by atoms with Gasteiger partial charge in [0.1, 0.15) is 11.6 Å². The summed E-state index contributed by atoms with van der Waals surface area (Å²) in [4.78, 5) is 12.4. The van der Waals surface area contributed by atoms with Crippen LogP contribution in [0.4, 0.5) is 5.82 Å². The third kappa shape index (κ3) is 7.29. The maximum Gasteiger partial charge on any atom is 0.243 e. The van der Waals surface area contributed by atoms with Gasteiger partial charge in [-0.25, -0.2) is 18.4 Å². The summed E-state index contributed by atoms with van der Waals surface area (Å²) >= 11 is 3.37. The maximum absolute atomic E-state index is 13.2. The van der Waals surface area contributed by atoms with Gasteiger partial charge in [0.15, 0.2) is 11.5 Å². The average molecular weight is 669 g/mol. The molecule has 1 aliphatic heterocycles. The van der Waals surface area contributed by atoms with Crippen molar-refractivity contribution in [2.45, 2.75) is 38.1 Å². The lowest BCUT2D eigenvalue weighted by Crippen LogP contribution is -2.49. The molecule has 0 unspecified atom stereocenters. The Bertz CT molecular complexity index is 1640. The molecule has 5 rings (SSSR count). The normalized spacial score (nSPS) is 15.3. The number of aromatic nitrogens is 2. The zero-order valence-electron chi connectivity index (χ0n) is 24.8. The van der Waals surface area contributed by atoms with Gasteiger partial charge in [-0.2, -0.15) is 4.31 Å². The summed E-state index contributed by atoms with van der Waals surface area (Å²) in [6.45, 7) is 9.86. The summed E-state index contributed by atoms with van der Waals surface area (Å²) in [7, 11) is -3.54. The number of nitrogens with zero attached hydrogens (tertiary/aromatic N) is 4. The quantitative estimate of drug-likeness (QED) is 0.199. The second-order valence-corrected chi connectivity index (χ2v) is 13.2. The third-order valence-electron chi connectivity index (χ3n) is 7.58. The van der Waals surface area contributed by atoms with Crippen molar-refractivity contribution in [2.75, 3.05) is 51.3 Å². The molecule has 4 aromatic rings. The van der Waals surface area contributed by atoms with Gasteiger partial charge in [-0.1, -0.05) is 34.1 Å². The van der Waals surface area contributed by atoms with Gasteiger partial charge in [0.2, 0.25) is 10.0 Å². The van der Waals surface area contributed by atoms with Crippen LogP contribution in [-0.2, 0) is 16.4 Å². The topological polar surface area (TPSA) is 96.9 Å². The van der Waals surface area contributed by atoms with Gasteiger partial charge in [-0.15, -0.1) is 0 Å². The maximum atomic E-state index is 13.2. The molecular formula is C32H38BrN5O4S. The van der Waals surface area contributed by atoms with Crippen molar-refractivity contribution < 1.29 is 17.9 Å². The smallest absolute Gasteiger partial charge is 0.243 e. The van der Waals surface area contributed by atoms with Crippen LogP contribution in [-0.4, -0.2) is 73.5 Å². The number of hydrogen-bond donors (Lipinski definition) is 1. The van der Waals surface area contributed by atoms with E-state index in [0.717, 1.165) is 44.7 Å². The number of nitrogens with one attached hydrogen (secondary N) is 1. The SMILES string of the molecule is CCOc1ccc(CCNc2nc([C@@H](C)N3CCN(S(=O)(=O)c4ccc(Br)cc4)CC3)nc3ccccc23)cc1OCC. The molecule has 3 aromatic carbocycles. The first-order valence-electron chi connectivity index (χ1n) is 14.7. The van der Waals surface area contributed by atoms with Crippen LogP contribution in [0.25, 0.3) is 10.9 Å². The van der Waals surface area contributed by atoms with Crippen LogP contribution < -0.4 is 14.8 Å². The molecule has 0 spiro atoms. The fraction of sp³-hybridized carbons (Fsp3) is 0.375. The lowest BCUT2D eigenvalue weighted by Gasteiger charge is -2.36. The molecule has 1 aromatic heterocycles. The number of fused-ring (bicyclic) bond motifs is 1. The summed E-state index contributed by atoms with van der Waals surface area (Å²) in [5.74, 6) is 3.02. The Hall–Kier alpha value is -3.25. The van der Waals surface area contributed by atoms with E-state index in [2.05, 4.69) is 39.1 Å². The van der Waals surface area contributed by atoms with E-state index in [0.29, 0.717) is 56.7 Å². The van der Waals surface area contributed by atoms with Gasteiger partial charge >= 0.3 is 0 Å². The number of sulfonamides is 1. The van der Waals surface area contributed by atoms with Gasteiger partial charge in [-0.3, -0.25) is 4.90 Å². The van der Waals surface area contributed by atoms with E-state index in [1.807, 2.05) is 50.2 Å². The zero-order chi connectivity index (χ0) is 30.4. The minimum absolute atomic E-state index is 0.0810. The van der Waals surface area contributed by atoms with E-state index >= 15 is 0 Å².